The van der Waals surface area contributed by atoms with Gasteiger partial charge in [-0.25, -0.2) is 8.78 Å². The minimum absolute atomic E-state index is 0.00534. The number of rotatable bonds is 3. The monoisotopic (exact) mass is 271 g/mol. The molecule has 5 nitrogen and oxygen atoms in total. The van der Waals surface area contributed by atoms with Gasteiger partial charge in [0, 0.05) is 13.1 Å². The molecule has 1 aliphatic rings. The van der Waals surface area contributed by atoms with E-state index < -0.39 is 17.5 Å². The minimum Gasteiger partial charge on any atom is -0.397 e. The molecule has 0 unspecified atom stereocenters. The number of anilines is 2. The van der Waals surface area contributed by atoms with E-state index >= 15 is 0 Å². The summed E-state index contributed by atoms with van der Waals surface area (Å²) in [5.41, 5.74) is 5.20. The number of ether oxygens (including phenoxy) is 1. The Labute approximate surface area is 109 Å². The quantitative estimate of drug-likeness (QED) is 0.799. The normalized spacial score (nSPS) is 16.3. The second-order valence-corrected chi connectivity index (χ2v) is 4.26. The van der Waals surface area contributed by atoms with Crippen LogP contribution in [0.5, 0.6) is 0 Å². The van der Waals surface area contributed by atoms with Crippen molar-refractivity contribution in [1.29, 1.82) is 0 Å². The maximum Gasteiger partial charge on any atom is 0.238 e. The number of hydrogen-bond acceptors (Lipinski definition) is 4. The lowest BCUT2D eigenvalue weighted by molar-refractivity contribution is -0.118. The molecular formula is C12H15F2N3O2. The zero-order chi connectivity index (χ0) is 13.8. The smallest absolute Gasteiger partial charge is 0.238 e. The predicted molar refractivity (Wildman–Crippen MR) is 66.7 cm³/mol. The summed E-state index contributed by atoms with van der Waals surface area (Å²) in [4.78, 5) is 13.6. The third kappa shape index (κ3) is 3.39. The molecule has 1 amide bonds. The lowest BCUT2D eigenvalue weighted by Crippen LogP contribution is -2.41. The summed E-state index contributed by atoms with van der Waals surface area (Å²) in [6, 6.07) is 2.13. The molecule has 0 bridgehead atoms. The number of halogens is 2. The molecule has 1 saturated heterocycles. The van der Waals surface area contributed by atoms with Gasteiger partial charge in [0.2, 0.25) is 5.91 Å². The highest BCUT2D eigenvalue weighted by Gasteiger charge is 2.18. The van der Waals surface area contributed by atoms with E-state index in [1.165, 1.54) is 6.07 Å². The maximum atomic E-state index is 13.5. The topological polar surface area (TPSA) is 67.6 Å². The van der Waals surface area contributed by atoms with E-state index in [-0.39, 0.29) is 17.9 Å². The Morgan fingerprint density at radius 2 is 2.05 bits per heavy atom. The first-order chi connectivity index (χ1) is 9.08. The third-order valence-corrected chi connectivity index (χ3v) is 2.86. The predicted octanol–water partition coefficient (Wildman–Crippen LogP) is 0.818. The van der Waals surface area contributed by atoms with Crippen LogP contribution in [-0.4, -0.2) is 43.7 Å². The molecule has 3 N–H and O–H groups in total. The highest BCUT2D eigenvalue weighted by Crippen LogP contribution is 2.24. The van der Waals surface area contributed by atoms with Crippen LogP contribution in [0, 0.1) is 11.6 Å². The summed E-state index contributed by atoms with van der Waals surface area (Å²) in [5.74, 6) is -2.62. The van der Waals surface area contributed by atoms with E-state index in [9.17, 15) is 13.6 Å². The van der Waals surface area contributed by atoms with Crippen molar-refractivity contribution in [1.82, 2.24) is 4.90 Å². The van der Waals surface area contributed by atoms with Crippen molar-refractivity contribution in [2.24, 2.45) is 0 Å². The summed E-state index contributed by atoms with van der Waals surface area (Å²) in [6.07, 6.45) is 0. The average Bonchev–Trinajstić information content (AvgIpc) is 2.40. The number of nitrogens with zero attached hydrogens (tertiary/aromatic N) is 1. The number of nitrogen functional groups attached to an aromatic ring is 1. The van der Waals surface area contributed by atoms with Gasteiger partial charge in [0.25, 0.3) is 0 Å². The van der Waals surface area contributed by atoms with Crippen LogP contribution in [0.3, 0.4) is 0 Å². The number of amides is 1. The Kier molecular flexibility index (Phi) is 4.28. The lowest BCUT2D eigenvalue weighted by atomic mass is 10.2. The van der Waals surface area contributed by atoms with Gasteiger partial charge in [-0.05, 0) is 12.1 Å². The number of nitrogens with two attached hydrogens (primary N) is 1. The van der Waals surface area contributed by atoms with E-state index in [1.807, 2.05) is 4.90 Å². The Morgan fingerprint density at radius 1 is 1.37 bits per heavy atom. The van der Waals surface area contributed by atoms with E-state index in [4.69, 9.17) is 10.5 Å². The van der Waals surface area contributed by atoms with Crippen LogP contribution in [0.25, 0.3) is 0 Å². The second kappa shape index (κ2) is 5.94. The van der Waals surface area contributed by atoms with Gasteiger partial charge in [0.15, 0.2) is 11.6 Å². The molecule has 1 aromatic rings. The van der Waals surface area contributed by atoms with Gasteiger partial charge in [-0.1, -0.05) is 0 Å². The van der Waals surface area contributed by atoms with Crippen LogP contribution in [0.15, 0.2) is 12.1 Å². The van der Waals surface area contributed by atoms with Crippen molar-refractivity contribution in [3.63, 3.8) is 0 Å². The Bertz CT molecular complexity index is 476. The van der Waals surface area contributed by atoms with Gasteiger partial charge in [0.1, 0.15) is 5.69 Å². The van der Waals surface area contributed by atoms with Gasteiger partial charge >= 0.3 is 0 Å². The Balaban J connectivity index is 2.00. The second-order valence-electron chi connectivity index (χ2n) is 4.26. The molecule has 1 heterocycles. The minimum atomic E-state index is -1.14. The number of carbonyl (C=O) groups excluding carboxylic acids is 1. The van der Waals surface area contributed by atoms with Gasteiger partial charge in [-0.3, -0.25) is 9.69 Å². The fourth-order valence-corrected chi connectivity index (χ4v) is 1.83. The SMILES string of the molecule is Nc1ccc(F)c(F)c1NC(=O)CN1CCOCC1. The number of benzene rings is 1. The van der Waals surface area contributed by atoms with Gasteiger partial charge in [-0.2, -0.15) is 0 Å². The zero-order valence-corrected chi connectivity index (χ0v) is 10.3. The molecule has 0 spiro atoms. The number of carbonyl (C=O) groups is 1. The van der Waals surface area contributed by atoms with Crippen molar-refractivity contribution in [2.75, 3.05) is 43.9 Å². The van der Waals surface area contributed by atoms with E-state index in [0.717, 1.165) is 6.07 Å². The van der Waals surface area contributed by atoms with Crippen LogP contribution in [-0.2, 0) is 9.53 Å². The van der Waals surface area contributed by atoms with Crippen LogP contribution < -0.4 is 11.1 Å². The number of nitrogens with one attached hydrogen (secondary N) is 1. The van der Waals surface area contributed by atoms with Gasteiger partial charge in [-0.15, -0.1) is 0 Å². The molecule has 0 atom stereocenters. The van der Waals surface area contributed by atoms with Crippen LogP contribution in [0.4, 0.5) is 20.2 Å². The van der Waals surface area contributed by atoms with E-state index in [0.29, 0.717) is 26.3 Å². The maximum absolute atomic E-state index is 13.5. The summed E-state index contributed by atoms with van der Waals surface area (Å²) in [7, 11) is 0. The average molecular weight is 271 g/mol. The first kappa shape index (κ1) is 13.7. The fourth-order valence-electron chi connectivity index (χ4n) is 1.83. The molecule has 104 valence electrons. The van der Waals surface area contributed by atoms with Crippen molar-refractivity contribution in [3.05, 3.63) is 23.8 Å². The molecule has 19 heavy (non-hydrogen) atoms. The largest absolute Gasteiger partial charge is 0.397 e. The molecule has 2 rings (SSSR count). The highest BCUT2D eigenvalue weighted by atomic mass is 19.2. The molecule has 1 fully saturated rings. The van der Waals surface area contributed by atoms with E-state index in [1.54, 1.807) is 0 Å². The molecule has 0 aliphatic carbocycles. The molecule has 7 heteroatoms. The zero-order valence-electron chi connectivity index (χ0n) is 10.3. The molecule has 0 radical (unpaired) electrons. The molecule has 0 aromatic heterocycles. The molecule has 1 aliphatic heterocycles. The number of hydrogen-bond donors (Lipinski definition) is 2. The van der Waals surface area contributed by atoms with Crippen LogP contribution in [0.1, 0.15) is 0 Å². The third-order valence-electron chi connectivity index (χ3n) is 2.86. The Morgan fingerprint density at radius 3 is 2.74 bits per heavy atom. The van der Waals surface area contributed by atoms with Crippen molar-refractivity contribution in [3.8, 4) is 0 Å². The molecular weight excluding hydrogens is 256 g/mol. The first-order valence-electron chi connectivity index (χ1n) is 5.91. The first-order valence-corrected chi connectivity index (χ1v) is 5.91. The van der Waals surface area contributed by atoms with Crippen molar-refractivity contribution in [2.45, 2.75) is 0 Å². The summed E-state index contributed by atoms with van der Waals surface area (Å²) < 4.78 is 31.7. The molecule has 1 aromatic carbocycles. The fraction of sp³-hybridized carbons (Fsp3) is 0.417. The van der Waals surface area contributed by atoms with Gasteiger partial charge < -0.3 is 15.8 Å². The van der Waals surface area contributed by atoms with Crippen molar-refractivity contribution < 1.29 is 18.3 Å². The summed E-state index contributed by atoms with van der Waals surface area (Å²) in [6.45, 7) is 2.48. The Hall–Kier alpha value is -1.73. The van der Waals surface area contributed by atoms with Gasteiger partial charge in [0.05, 0.1) is 25.4 Å². The summed E-state index contributed by atoms with van der Waals surface area (Å²) >= 11 is 0. The standard InChI is InChI=1S/C12H15F2N3O2/c13-8-1-2-9(15)12(11(8)14)16-10(18)7-17-3-5-19-6-4-17/h1-2H,3-7,15H2,(H,16,18). The molecule has 0 saturated carbocycles. The number of morpholine rings is 1. The van der Waals surface area contributed by atoms with Crippen LogP contribution in [0.2, 0.25) is 0 Å². The van der Waals surface area contributed by atoms with Crippen LogP contribution >= 0.6 is 0 Å². The highest BCUT2D eigenvalue weighted by molar-refractivity contribution is 5.95. The lowest BCUT2D eigenvalue weighted by Gasteiger charge is -2.25. The van der Waals surface area contributed by atoms with Crippen molar-refractivity contribution >= 4 is 17.3 Å². The van der Waals surface area contributed by atoms with E-state index in [2.05, 4.69) is 5.32 Å². The summed E-state index contributed by atoms with van der Waals surface area (Å²) in [5, 5.41) is 2.31.